The molecule has 0 N–H and O–H groups in total. The molecule has 0 fully saturated rings. The Labute approximate surface area is 208 Å². The summed E-state index contributed by atoms with van der Waals surface area (Å²) in [6, 6.07) is 10.6. The number of non-ortho nitro benzene ring substituents is 1. The first-order chi connectivity index (χ1) is 17.2. The van der Waals surface area contributed by atoms with Crippen molar-refractivity contribution >= 4 is 45.1 Å². The van der Waals surface area contributed by atoms with Crippen LogP contribution in [0.5, 0.6) is 0 Å². The second-order valence-electron chi connectivity index (χ2n) is 8.67. The molecule has 36 heavy (non-hydrogen) atoms. The molecule has 1 aromatic heterocycles. The number of methoxy groups -OCH3 is 1. The molecule has 0 radical (unpaired) electrons. The number of hydrogen-bond acceptors (Lipinski definition) is 8. The van der Waals surface area contributed by atoms with Crippen molar-refractivity contribution in [2.24, 2.45) is 5.16 Å². The standard InChI is InChI=1S/C26H31N3O7/c1-17(16-34-4)35-26(31)8-6-5-7-13-28-24-11-9-20(18(2)27-36-19(3)30)14-22(24)23-15-21(29(32)33)10-12-25(23)28/h9-12,14-15,17H,5-8,13,16H2,1-4H3. The topological polar surface area (TPSA) is 122 Å². The van der Waals surface area contributed by atoms with Crippen LogP contribution in [0, 0.1) is 10.1 Å². The predicted octanol–water partition coefficient (Wildman–Crippen LogP) is 5.13. The third-order valence-corrected chi connectivity index (χ3v) is 5.78. The molecule has 0 bridgehead atoms. The summed E-state index contributed by atoms with van der Waals surface area (Å²) in [6.45, 7) is 5.86. The fourth-order valence-electron chi connectivity index (χ4n) is 4.13. The van der Waals surface area contributed by atoms with Crippen LogP contribution in [-0.2, 0) is 30.4 Å². The number of hydrogen-bond donors (Lipinski definition) is 0. The van der Waals surface area contributed by atoms with Crippen molar-refractivity contribution in [3.8, 4) is 0 Å². The minimum atomic E-state index is -0.514. The number of esters is 1. The van der Waals surface area contributed by atoms with Crippen molar-refractivity contribution in [3.05, 3.63) is 52.1 Å². The zero-order valence-electron chi connectivity index (χ0n) is 21.0. The number of carbonyl (C=O) groups excluding carboxylic acids is 2. The van der Waals surface area contributed by atoms with Gasteiger partial charge in [-0.05, 0) is 50.5 Å². The first-order valence-electron chi connectivity index (χ1n) is 11.8. The third kappa shape index (κ3) is 6.66. The minimum Gasteiger partial charge on any atom is -0.460 e. The van der Waals surface area contributed by atoms with Crippen molar-refractivity contribution < 1.29 is 28.8 Å². The largest absolute Gasteiger partial charge is 0.460 e. The molecule has 0 saturated heterocycles. The third-order valence-electron chi connectivity index (χ3n) is 5.78. The zero-order valence-corrected chi connectivity index (χ0v) is 21.0. The molecule has 10 heteroatoms. The minimum absolute atomic E-state index is 0.0125. The maximum Gasteiger partial charge on any atom is 0.331 e. The average Bonchev–Trinajstić information content (AvgIpc) is 3.14. The van der Waals surface area contributed by atoms with Gasteiger partial charge >= 0.3 is 11.9 Å². The summed E-state index contributed by atoms with van der Waals surface area (Å²) in [6.07, 6.45) is 2.44. The normalized spacial score (nSPS) is 12.6. The predicted molar refractivity (Wildman–Crippen MR) is 136 cm³/mol. The quantitative estimate of drug-likeness (QED) is 0.0849. The molecular weight excluding hydrogens is 466 g/mol. The summed E-state index contributed by atoms with van der Waals surface area (Å²) in [5.41, 5.74) is 3.09. The van der Waals surface area contributed by atoms with Gasteiger partial charge in [0.15, 0.2) is 0 Å². The Balaban J connectivity index is 1.81. The van der Waals surface area contributed by atoms with E-state index < -0.39 is 10.9 Å². The molecule has 0 aliphatic rings. The first kappa shape index (κ1) is 26.8. The molecule has 0 saturated carbocycles. The van der Waals surface area contributed by atoms with E-state index in [2.05, 4.69) is 9.72 Å². The number of oxime groups is 1. The van der Waals surface area contributed by atoms with Crippen LogP contribution in [0.4, 0.5) is 5.69 Å². The lowest BCUT2D eigenvalue weighted by atomic mass is 10.1. The highest BCUT2D eigenvalue weighted by atomic mass is 16.7. The van der Waals surface area contributed by atoms with E-state index in [1.54, 1.807) is 33.1 Å². The fraction of sp³-hybridized carbons (Fsp3) is 0.423. The van der Waals surface area contributed by atoms with Crippen LogP contribution in [0.2, 0.25) is 0 Å². The van der Waals surface area contributed by atoms with E-state index in [4.69, 9.17) is 14.3 Å². The number of fused-ring (bicyclic) bond motifs is 3. The number of unbranched alkanes of at least 4 members (excludes halogenated alkanes) is 2. The number of aromatic nitrogens is 1. The highest BCUT2D eigenvalue weighted by Gasteiger charge is 2.16. The lowest BCUT2D eigenvalue weighted by Crippen LogP contribution is -2.19. The van der Waals surface area contributed by atoms with Gasteiger partial charge in [-0.25, -0.2) is 4.79 Å². The summed E-state index contributed by atoms with van der Waals surface area (Å²) in [4.78, 5) is 38.8. The van der Waals surface area contributed by atoms with E-state index in [9.17, 15) is 19.7 Å². The van der Waals surface area contributed by atoms with Gasteiger partial charge in [-0.1, -0.05) is 17.6 Å². The van der Waals surface area contributed by atoms with Crippen molar-refractivity contribution in [2.45, 2.75) is 59.1 Å². The molecule has 1 unspecified atom stereocenters. The van der Waals surface area contributed by atoms with Crippen LogP contribution >= 0.6 is 0 Å². The number of benzene rings is 2. The molecule has 3 aromatic rings. The van der Waals surface area contributed by atoms with Crippen LogP contribution in [0.3, 0.4) is 0 Å². The van der Waals surface area contributed by atoms with Gasteiger partial charge in [0, 0.05) is 60.9 Å². The van der Waals surface area contributed by atoms with Gasteiger partial charge in [-0.15, -0.1) is 0 Å². The summed E-state index contributed by atoms with van der Waals surface area (Å²) in [5, 5.41) is 16.9. The van der Waals surface area contributed by atoms with Crippen LogP contribution in [0.15, 0.2) is 41.6 Å². The number of aryl methyl sites for hydroxylation is 1. The molecule has 0 spiro atoms. The molecule has 2 aromatic carbocycles. The monoisotopic (exact) mass is 497 g/mol. The fourth-order valence-corrected chi connectivity index (χ4v) is 4.13. The number of rotatable bonds is 12. The Morgan fingerprint density at radius 3 is 2.42 bits per heavy atom. The molecule has 1 atom stereocenters. The van der Waals surface area contributed by atoms with Crippen molar-refractivity contribution in [1.82, 2.24) is 4.57 Å². The highest BCUT2D eigenvalue weighted by Crippen LogP contribution is 2.33. The number of nitrogens with zero attached hydrogens (tertiary/aromatic N) is 3. The second kappa shape index (κ2) is 12.3. The lowest BCUT2D eigenvalue weighted by Gasteiger charge is -2.12. The summed E-state index contributed by atoms with van der Waals surface area (Å²) in [5.74, 6) is -0.748. The molecule has 192 valence electrons. The molecule has 10 nitrogen and oxygen atoms in total. The first-order valence-corrected chi connectivity index (χ1v) is 11.8. The Kier molecular flexibility index (Phi) is 9.13. The smallest absolute Gasteiger partial charge is 0.331 e. The molecule has 3 rings (SSSR count). The van der Waals surface area contributed by atoms with Gasteiger partial charge in [0.2, 0.25) is 0 Å². The van der Waals surface area contributed by atoms with Crippen molar-refractivity contribution in [3.63, 3.8) is 0 Å². The summed E-state index contributed by atoms with van der Waals surface area (Å²) >= 11 is 0. The Hall–Kier alpha value is -3.79. The van der Waals surface area contributed by atoms with Crippen LogP contribution in [0.25, 0.3) is 21.8 Å². The van der Waals surface area contributed by atoms with E-state index in [0.717, 1.165) is 40.2 Å². The Morgan fingerprint density at radius 1 is 1.06 bits per heavy atom. The van der Waals surface area contributed by atoms with Gasteiger partial charge in [-0.3, -0.25) is 14.9 Å². The Morgan fingerprint density at radius 2 is 1.75 bits per heavy atom. The number of ether oxygens (including phenoxy) is 2. The maximum atomic E-state index is 12.0. The van der Waals surface area contributed by atoms with Crippen molar-refractivity contribution in [2.75, 3.05) is 13.7 Å². The van der Waals surface area contributed by atoms with E-state index in [1.807, 2.05) is 18.2 Å². The zero-order chi connectivity index (χ0) is 26.2. The van der Waals surface area contributed by atoms with Gasteiger partial charge in [0.25, 0.3) is 5.69 Å². The molecule has 1 heterocycles. The summed E-state index contributed by atoms with van der Waals surface area (Å²) in [7, 11) is 1.57. The van der Waals surface area contributed by atoms with E-state index in [0.29, 0.717) is 31.7 Å². The Bertz CT molecular complexity index is 1300. The summed E-state index contributed by atoms with van der Waals surface area (Å²) < 4.78 is 12.4. The maximum absolute atomic E-state index is 12.0. The second-order valence-corrected chi connectivity index (χ2v) is 8.67. The van der Waals surface area contributed by atoms with Crippen LogP contribution < -0.4 is 0 Å². The van der Waals surface area contributed by atoms with Crippen molar-refractivity contribution in [1.29, 1.82) is 0 Å². The number of nitro groups is 1. The molecular formula is C26H31N3O7. The number of carbonyl (C=O) groups is 2. The molecule has 0 aliphatic carbocycles. The van der Waals surface area contributed by atoms with E-state index in [-0.39, 0.29) is 17.8 Å². The van der Waals surface area contributed by atoms with Crippen LogP contribution in [0.1, 0.15) is 52.0 Å². The van der Waals surface area contributed by atoms with E-state index >= 15 is 0 Å². The van der Waals surface area contributed by atoms with Crippen LogP contribution in [-0.4, -0.2) is 47.0 Å². The number of nitro benzene ring substituents is 1. The van der Waals surface area contributed by atoms with Gasteiger partial charge in [0.1, 0.15) is 6.10 Å². The van der Waals surface area contributed by atoms with E-state index in [1.165, 1.54) is 13.0 Å². The lowest BCUT2D eigenvalue weighted by molar-refractivity contribution is -0.384. The molecule has 0 aliphatic heterocycles. The van der Waals surface area contributed by atoms with Gasteiger partial charge in [0.05, 0.1) is 17.2 Å². The van der Waals surface area contributed by atoms with Gasteiger partial charge < -0.3 is 18.9 Å². The highest BCUT2D eigenvalue weighted by molar-refractivity contribution is 6.12. The average molecular weight is 498 g/mol. The SMILES string of the molecule is COCC(C)OC(=O)CCCCCn1c2ccc(C(C)=NOC(C)=O)cc2c2cc([N+](=O)[O-])ccc21. The van der Waals surface area contributed by atoms with Gasteiger partial charge in [-0.2, -0.15) is 0 Å². The molecule has 0 amide bonds.